The van der Waals surface area contributed by atoms with Crippen LogP contribution in [-0.4, -0.2) is 47.0 Å². The Morgan fingerprint density at radius 3 is 2.67 bits per heavy atom. The average Bonchev–Trinajstić information content (AvgIpc) is 2.70. The van der Waals surface area contributed by atoms with Gasteiger partial charge in [0.05, 0.1) is 12.7 Å². The minimum atomic E-state index is -0.668. The highest BCUT2D eigenvalue weighted by molar-refractivity contribution is 6.07. The molecule has 0 radical (unpaired) electrons. The Kier molecular flexibility index (Phi) is 4.84. The molecule has 2 fully saturated rings. The van der Waals surface area contributed by atoms with E-state index in [9.17, 15) is 9.59 Å². The van der Waals surface area contributed by atoms with Gasteiger partial charge < -0.3 is 5.32 Å². The molecule has 6 nitrogen and oxygen atoms in total. The third-order valence-corrected chi connectivity index (χ3v) is 4.70. The van der Waals surface area contributed by atoms with Gasteiger partial charge in [0.2, 0.25) is 0 Å². The van der Waals surface area contributed by atoms with Crippen molar-refractivity contribution in [3.63, 3.8) is 0 Å². The number of hydrogen-bond acceptors (Lipinski definition) is 4. The van der Waals surface area contributed by atoms with Crippen LogP contribution in [0.4, 0.5) is 4.79 Å². The third kappa shape index (κ3) is 3.18. The molecule has 1 aliphatic carbocycles. The van der Waals surface area contributed by atoms with Crippen molar-refractivity contribution in [1.82, 2.24) is 15.1 Å². The van der Waals surface area contributed by atoms with Gasteiger partial charge in [0.1, 0.15) is 5.54 Å². The quantitative estimate of drug-likeness (QED) is 0.782. The number of rotatable bonds is 5. The summed E-state index contributed by atoms with van der Waals surface area (Å²) in [4.78, 5) is 28.1. The number of amides is 3. The molecular formula is C15H24N4O2. The van der Waals surface area contributed by atoms with Crippen molar-refractivity contribution in [2.75, 3.05) is 19.8 Å². The third-order valence-electron chi connectivity index (χ3n) is 4.70. The van der Waals surface area contributed by atoms with Crippen LogP contribution in [0, 0.1) is 17.2 Å². The molecule has 2 aliphatic rings. The molecule has 116 valence electrons. The van der Waals surface area contributed by atoms with Gasteiger partial charge in [-0.2, -0.15) is 5.26 Å². The van der Waals surface area contributed by atoms with Crippen molar-refractivity contribution in [2.24, 2.45) is 5.92 Å². The van der Waals surface area contributed by atoms with Gasteiger partial charge >= 0.3 is 6.03 Å². The zero-order chi connectivity index (χ0) is 15.5. The predicted molar refractivity (Wildman–Crippen MR) is 78.1 cm³/mol. The Bertz CT molecular complexity index is 449. The largest absolute Gasteiger partial charge is 0.326 e. The van der Waals surface area contributed by atoms with Gasteiger partial charge in [-0.25, -0.2) is 9.69 Å². The highest BCUT2D eigenvalue weighted by Gasteiger charge is 2.52. The topological polar surface area (TPSA) is 76.4 Å². The Hall–Kier alpha value is -1.61. The number of nitrogens with zero attached hydrogens (tertiary/aromatic N) is 3. The van der Waals surface area contributed by atoms with Gasteiger partial charge in [-0.3, -0.25) is 9.69 Å². The van der Waals surface area contributed by atoms with Gasteiger partial charge in [-0.15, -0.1) is 0 Å². The van der Waals surface area contributed by atoms with Crippen molar-refractivity contribution in [1.29, 1.82) is 5.26 Å². The highest BCUT2D eigenvalue weighted by Crippen LogP contribution is 2.36. The summed E-state index contributed by atoms with van der Waals surface area (Å²) in [5.74, 6) is 0.534. The lowest BCUT2D eigenvalue weighted by molar-refractivity contribution is -0.134. The maximum absolute atomic E-state index is 12.7. The van der Waals surface area contributed by atoms with Crippen molar-refractivity contribution >= 4 is 11.9 Å². The van der Waals surface area contributed by atoms with Crippen LogP contribution in [0.5, 0.6) is 0 Å². The molecule has 1 aliphatic heterocycles. The number of carbonyl (C=O) groups excluding carboxylic acids is 2. The molecule has 0 aromatic carbocycles. The monoisotopic (exact) mass is 292 g/mol. The molecule has 0 unspecified atom stereocenters. The van der Waals surface area contributed by atoms with Gasteiger partial charge in [-0.05, 0) is 38.1 Å². The molecule has 1 N–H and O–H groups in total. The first-order valence-electron chi connectivity index (χ1n) is 7.76. The van der Waals surface area contributed by atoms with E-state index in [2.05, 4.69) is 18.3 Å². The van der Waals surface area contributed by atoms with E-state index in [0.29, 0.717) is 25.4 Å². The second-order valence-corrected chi connectivity index (χ2v) is 6.19. The van der Waals surface area contributed by atoms with Crippen molar-refractivity contribution in [3.05, 3.63) is 0 Å². The molecule has 1 spiro atoms. The molecule has 0 aromatic heterocycles. The lowest BCUT2D eigenvalue weighted by atomic mass is 9.77. The fourth-order valence-electron chi connectivity index (χ4n) is 3.14. The van der Waals surface area contributed by atoms with Gasteiger partial charge in [0, 0.05) is 13.0 Å². The molecule has 21 heavy (non-hydrogen) atoms. The van der Waals surface area contributed by atoms with E-state index < -0.39 is 5.54 Å². The average molecular weight is 292 g/mol. The zero-order valence-electron chi connectivity index (χ0n) is 12.9. The standard InChI is InChI=1S/C15H24N4O2/c1-3-18(10-4-9-16)11-19-13(20)15(17-14(19)21)7-5-12(2)6-8-15/h12H,3-8,10-11H2,1-2H3,(H,17,21). The molecule has 1 heterocycles. The van der Waals surface area contributed by atoms with E-state index in [1.54, 1.807) is 0 Å². The van der Waals surface area contributed by atoms with Crippen LogP contribution in [0.25, 0.3) is 0 Å². The number of imide groups is 1. The number of nitriles is 1. The molecule has 0 aromatic rings. The zero-order valence-corrected chi connectivity index (χ0v) is 12.9. The van der Waals surface area contributed by atoms with E-state index in [1.165, 1.54) is 4.90 Å². The minimum absolute atomic E-state index is 0.0881. The van der Waals surface area contributed by atoms with Crippen LogP contribution in [0.15, 0.2) is 0 Å². The van der Waals surface area contributed by atoms with Crippen LogP contribution in [0.1, 0.15) is 46.0 Å². The molecule has 1 saturated heterocycles. The second-order valence-electron chi connectivity index (χ2n) is 6.19. The van der Waals surface area contributed by atoms with Crippen LogP contribution in [0.3, 0.4) is 0 Å². The molecular weight excluding hydrogens is 268 g/mol. The van der Waals surface area contributed by atoms with Crippen molar-refractivity contribution in [2.45, 2.75) is 51.5 Å². The first-order chi connectivity index (χ1) is 10.0. The predicted octanol–water partition coefficient (Wildman–Crippen LogP) is 1.68. The smallest absolute Gasteiger partial charge is 0.323 e. The van der Waals surface area contributed by atoms with E-state index in [4.69, 9.17) is 5.26 Å². The first-order valence-corrected chi connectivity index (χ1v) is 7.76. The van der Waals surface area contributed by atoms with Crippen LogP contribution >= 0.6 is 0 Å². The second kappa shape index (κ2) is 6.44. The summed E-state index contributed by atoms with van der Waals surface area (Å²) in [6, 6.07) is 1.81. The Balaban J connectivity index is 2.03. The maximum atomic E-state index is 12.7. The Labute approximate surface area is 126 Å². The van der Waals surface area contributed by atoms with Gasteiger partial charge in [-0.1, -0.05) is 13.8 Å². The SMILES string of the molecule is CCN(CCC#N)CN1C(=O)NC2(CCC(C)CC2)C1=O. The number of hydrogen-bond donors (Lipinski definition) is 1. The molecule has 3 amide bonds. The van der Waals surface area contributed by atoms with E-state index in [1.807, 2.05) is 11.8 Å². The van der Waals surface area contributed by atoms with Crippen LogP contribution < -0.4 is 5.32 Å². The van der Waals surface area contributed by atoms with E-state index >= 15 is 0 Å². The number of nitrogens with one attached hydrogen (secondary N) is 1. The van der Waals surface area contributed by atoms with Gasteiger partial charge in [0.15, 0.2) is 0 Å². The van der Waals surface area contributed by atoms with E-state index in [0.717, 1.165) is 25.7 Å². The fourth-order valence-corrected chi connectivity index (χ4v) is 3.14. The fraction of sp³-hybridized carbons (Fsp3) is 0.800. The lowest BCUT2D eigenvalue weighted by Crippen LogP contribution is -2.50. The van der Waals surface area contributed by atoms with Crippen LogP contribution in [0.2, 0.25) is 0 Å². The number of carbonyl (C=O) groups is 2. The normalized spacial score (nSPS) is 29.0. The van der Waals surface area contributed by atoms with Gasteiger partial charge in [0.25, 0.3) is 5.91 Å². The summed E-state index contributed by atoms with van der Waals surface area (Å²) in [6.45, 7) is 5.72. The molecule has 6 heteroatoms. The summed E-state index contributed by atoms with van der Waals surface area (Å²) in [7, 11) is 0. The minimum Gasteiger partial charge on any atom is -0.323 e. The molecule has 1 saturated carbocycles. The Morgan fingerprint density at radius 2 is 2.10 bits per heavy atom. The summed E-state index contributed by atoms with van der Waals surface area (Å²) in [6.07, 6.45) is 3.83. The summed E-state index contributed by atoms with van der Waals surface area (Å²) in [5.41, 5.74) is -0.668. The molecule has 0 bridgehead atoms. The summed E-state index contributed by atoms with van der Waals surface area (Å²) >= 11 is 0. The molecule has 2 rings (SSSR count). The first kappa shape index (κ1) is 15.8. The maximum Gasteiger partial charge on any atom is 0.326 e. The summed E-state index contributed by atoms with van der Waals surface area (Å²) < 4.78 is 0. The number of urea groups is 1. The highest BCUT2D eigenvalue weighted by atomic mass is 16.2. The summed E-state index contributed by atoms with van der Waals surface area (Å²) in [5, 5.41) is 11.6. The van der Waals surface area contributed by atoms with Crippen molar-refractivity contribution in [3.8, 4) is 6.07 Å². The van der Waals surface area contributed by atoms with Crippen LogP contribution in [-0.2, 0) is 4.79 Å². The molecule has 0 atom stereocenters. The lowest BCUT2D eigenvalue weighted by Gasteiger charge is -2.34. The van der Waals surface area contributed by atoms with Crippen molar-refractivity contribution < 1.29 is 9.59 Å². The Morgan fingerprint density at radius 1 is 1.43 bits per heavy atom. The van der Waals surface area contributed by atoms with E-state index in [-0.39, 0.29) is 18.6 Å².